The number of hydrogen-bond donors (Lipinski definition) is 0. The van der Waals surface area contributed by atoms with Gasteiger partial charge >= 0.3 is 0 Å². The van der Waals surface area contributed by atoms with E-state index in [2.05, 4.69) is 218 Å². The van der Waals surface area contributed by atoms with Crippen LogP contribution in [0.3, 0.4) is 0 Å². The number of fused-ring (bicyclic) bond motifs is 2. The van der Waals surface area contributed by atoms with Crippen molar-refractivity contribution in [2.24, 2.45) is 0 Å². The zero-order valence-corrected chi connectivity index (χ0v) is 34.6. The Balaban J connectivity index is 1.22. The van der Waals surface area contributed by atoms with Gasteiger partial charge in [0.2, 0.25) is 0 Å². The SMILES string of the molecule is c1ccc(C2=C(c3ccc(-c4nc5ccccc5s4)cc3)[Si](c3ccccc3)(c3ccccc3)C(c3ccc(-c4nc5ccccc5s4)cc3)=C2c2ccccc2)cc1. The summed E-state index contributed by atoms with van der Waals surface area (Å²) in [6, 6.07) is 80.2. The molecule has 59 heavy (non-hydrogen) atoms. The first kappa shape index (κ1) is 35.4. The number of benzene rings is 8. The Hall–Kier alpha value is -6.76. The lowest BCUT2D eigenvalue weighted by atomic mass is 9.89. The van der Waals surface area contributed by atoms with Gasteiger partial charge in [-0.2, -0.15) is 0 Å². The number of hydrogen-bond acceptors (Lipinski definition) is 4. The molecule has 0 unspecified atom stereocenters. The van der Waals surface area contributed by atoms with Crippen molar-refractivity contribution < 1.29 is 0 Å². The summed E-state index contributed by atoms with van der Waals surface area (Å²) < 4.78 is 2.40. The van der Waals surface area contributed by atoms with Crippen molar-refractivity contribution in [2.45, 2.75) is 0 Å². The summed E-state index contributed by atoms with van der Waals surface area (Å²) in [5.74, 6) is 0. The Morgan fingerprint density at radius 1 is 0.288 bits per heavy atom. The summed E-state index contributed by atoms with van der Waals surface area (Å²) in [6.45, 7) is 0. The van der Waals surface area contributed by atoms with E-state index in [1.807, 2.05) is 0 Å². The lowest BCUT2D eigenvalue weighted by molar-refractivity contribution is 1.47. The molecule has 1 aliphatic rings. The molecule has 0 radical (unpaired) electrons. The average Bonchev–Trinajstić information content (AvgIpc) is 4.04. The molecular formula is C54H36N2S2Si. The third kappa shape index (κ3) is 6.05. The van der Waals surface area contributed by atoms with Crippen molar-refractivity contribution in [3.63, 3.8) is 0 Å². The fourth-order valence-electron chi connectivity index (χ4n) is 8.93. The number of rotatable bonds is 8. The first-order chi connectivity index (χ1) is 29.3. The van der Waals surface area contributed by atoms with Gasteiger partial charge in [0.05, 0.1) is 20.4 Å². The van der Waals surface area contributed by atoms with Crippen molar-refractivity contribution in [2.75, 3.05) is 0 Å². The van der Waals surface area contributed by atoms with Crippen molar-refractivity contribution in [3.05, 3.63) is 241 Å². The lowest BCUT2D eigenvalue weighted by Crippen LogP contribution is -2.59. The molecule has 3 heterocycles. The largest absolute Gasteiger partial charge is 0.236 e. The van der Waals surface area contributed by atoms with E-state index in [1.54, 1.807) is 22.7 Å². The summed E-state index contributed by atoms with van der Waals surface area (Å²) in [7, 11) is -3.13. The van der Waals surface area contributed by atoms with Crippen LogP contribution in [0.2, 0.25) is 0 Å². The average molecular weight is 805 g/mol. The molecule has 2 aromatic heterocycles. The Morgan fingerprint density at radius 2 is 0.610 bits per heavy atom. The maximum absolute atomic E-state index is 5.04. The van der Waals surface area contributed by atoms with E-state index >= 15 is 0 Å². The van der Waals surface area contributed by atoms with Crippen LogP contribution in [0, 0.1) is 0 Å². The van der Waals surface area contributed by atoms with Crippen LogP contribution in [0.5, 0.6) is 0 Å². The van der Waals surface area contributed by atoms with Gasteiger partial charge in [-0.1, -0.05) is 194 Å². The van der Waals surface area contributed by atoms with Gasteiger partial charge in [-0.15, -0.1) is 22.7 Å². The van der Waals surface area contributed by atoms with Crippen LogP contribution >= 0.6 is 22.7 Å². The predicted molar refractivity (Wildman–Crippen MR) is 255 cm³/mol. The van der Waals surface area contributed by atoms with Crippen LogP contribution < -0.4 is 10.4 Å². The number of para-hydroxylation sites is 2. The summed E-state index contributed by atoms with van der Waals surface area (Å²) in [6.07, 6.45) is 0. The van der Waals surface area contributed by atoms with Crippen LogP contribution in [0.25, 0.3) is 63.1 Å². The molecule has 0 aliphatic carbocycles. The Kier molecular flexibility index (Phi) is 8.93. The van der Waals surface area contributed by atoms with Gasteiger partial charge in [-0.25, -0.2) is 9.97 Å². The highest BCUT2D eigenvalue weighted by atomic mass is 32.1. The highest BCUT2D eigenvalue weighted by Gasteiger charge is 2.53. The molecule has 0 bridgehead atoms. The van der Waals surface area contributed by atoms with Gasteiger partial charge in [-0.3, -0.25) is 0 Å². The van der Waals surface area contributed by atoms with Crippen molar-refractivity contribution in [3.8, 4) is 21.1 Å². The van der Waals surface area contributed by atoms with Gasteiger partial charge in [-0.05, 0) is 78.4 Å². The molecule has 1 aliphatic heterocycles. The smallest absolute Gasteiger partial charge is 0.182 e. The monoisotopic (exact) mass is 804 g/mol. The number of aromatic nitrogens is 2. The van der Waals surface area contributed by atoms with Gasteiger partial charge in [0.25, 0.3) is 0 Å². The molecule has 0 saturated heterocycles. The highest BCUT2D eigenvalue weighted by Crippen LogP contribution is 2.55. The molecular weight excluding hydrogens is 769 g/mol. The van der Waals surface area contributed by atoms with E-state index in [0.29, 0.717) is 0 Å². The second-order valence-corrected chi connectivity index (χ2v) is 20.6. The van der Waals surface area contributed by atoms with Crippen LogP contribution in [0.15, 0.2) is 218 Å². The molecule has 0 spiro atoms. The minimum atomic E-state index is -3.13. The molecule has 278 valence electrons. The topological polar surface area (TPSA) is 25.8 Å². The number of allylic oxidation sites excluding steroid dienone is 2. The van der Waals surface area contributed by atoms with Crippen LogP contribution in [-0.4, -0.2) is 18.0 Å². The van der Waals surface area contributed by atoms with Gasteiger partial charge < -0.3 is 0 Å². The lowest BCUT2D eigenvalue weighted by Gasteiger charge is -2.36. The zero-order valence-electron chi connectivity index (χ0n) is 32.0. The molecule has 0 N–H and O–H groups in total. The van der Waals surface area contributed by atoms with Gasteiger partial charge in [0.1, 0.15) is 10.0 Å². The second-order valence-electron chi connectivity index (χ2n) is 14.8. The Labute approximate surface area is 352 Å². The maximum Gasteiger partial charge on any atom is 0.182 e. The first-order valence-electron chi connectivity index (χ1n) is 19.9. The van der Waals surface area contributed by atoms with Crippen molar-refractivity contribution in [1.29, 1.82) is 0 Å². The van der Waals surface area contributed by atoms with E-state index in [4.69, 9.17) is 9.97 Å². The Bertz CT molecular complexity index is 2880. The Morgan fingerprint density at radius 3 is 0.983 bits per heavy atom. The standard InChI is InChI=1S/C54H36N2S2Si/c1-5-17-37(18-6-1)49-50(38-19-7-2-8-20-38)52(40-31-35-42(36-32-40)54-56-46-26-14-16-28-48(46)58-54)59(43-21-9-3-10-22-43,44-23-11-4-12-24-44)51(49)39-29-33-41(34-30-39)53-55-45-25-13-15-27-47(45)57-53/h1-36H. The zero-order chi connectivity index (χ0) is 39.2. The van der Waals surface area contributed by atoms with E-state index in [1.165, 1.54) is 63.6 Å². The summed E-state index contributed by atoms with van der Waals surface area (Å²) in [5.41, 5.74) is 11.8. The first-order valence-corrected chi connectivity index (χ1v) is 23.5. The van der Waals surface area contributed by atoms with Crippen LogP contribution in [-0.2, 0) is 0 Å². The normalized spacial score (nSPS) is 13.8. The van der Waals surface area contributed by atoms with E-state index in [9.17, 15) is 0 Å². The summed E-state index contributed by atoms with van der Waals surface area (Å²) in [4.78, 5) is 10.1. The highest BCUT2D eigenvalue weighted by molar-refractivity contribution is 7.29. The minimum absolute atomic E-state index is 1.04. The fraction of sp³-hybridized carbons (Fsp3) is 0. The third-order valence-electron chi connectivity index (χ3n) is 11.5. The van der Waals surface area contributed by atoms with E-state index in [0.717, 1.165) is 32.2 Å². The molecule has 10 aromatic rings. The molecule has 8 aromatic carbocycles. The molecule has 0 atom stereocenters. The molecule has 5 heteroatoms. The summed E-state index contributed by atoms with van der Waals surface area (Å²) in [5, 5.41) is 7.55. The van der Waals surface area contributed by atoms with E-state index < -0.39 is 8.07 Å². The van der Waals surface area contributed by atoms with Crippen molar-refractivity contribution in [1.82, 2.24) is 9.97 Å². The van der Waals surface area contributed by atoms with Crippen LogP contribution in [0.1, 0.15) is 22.3 Å². The van der Waals surface area contributed by atoms with Gasteiger partial charge in [0, 0.05) is 11.1 Å². The summed E-state index contributed by atoms with van der Waals surface area (Å²) >= 11 is 3.50. The maximum atomic E-state index is 5.04. The molecule has 0 saturated carbocycles. The van der Waals surface area contributed by atoms with Crippen molar-refractivity contribution >= 4 is 83.1 Å². The quantitative estimate of drug-likeness (QED) is 0.143. The molecule has 2 nitrogen and oxygen atoms in total. The third-order valence-corrected chi connectivity index (χ3v) is 18.6. The number of nitrogens with zero attached hydrogens (tertiary/aromatic N) is 2. The predicted octanol–water partition coefficient (Wildman–Crippen LogP) is 13.1. The van der Waals surface area contributed by atoms with Gasteiger partial charge in [0.15, 0.2) is 8.07 Å². The second kappa shape index (κ2) is 14.9. The fourth-order valence-corrected chi connectivity index (χ4v) is 16.5. The van der Waals surface area contributed by atoms with Crippen LogP contribution in [0.4, 0.5) is 0 Å². The minimum Gasteiger partial charge on any atom is -0.236 e. The molecule has 0 amide bonds. The number of thiazole rings is 2. The van der Waals surface area contributed by atoms with E-state index in [-0.39, 0.29) is 0 Å². The molecule has 11 rings (SSSR count). The molecule has 0 fully saturated rings.